The van der Waals surface area contributed by atoms with Crippen LogP contribution < -0.4 is 15.8 Å². The van der Waals surface area contributed by atoms with Gasteiger partial charge in [-0.3, -0.25) is 0 Å². The molecule has 0 aliphatic carbocycles. The Bertz CT molecular complexity index is 631. The summed E-state index contributed by atoms with van der Waals surface area (Å²) in [5, 5.41) is 3.07. The standard InChI is InChI=1S/C18H22FN3O/c1-14(23-17-9-5-8-16(19)12-17)13-22-18(20)21-11-10-15-6-3-2-4-7-15/h2-9,12,14H,10-11,13H2,1H3,(H3,20,21,22). The van der Waals surface area contributed by atoms with Crippen molar-refractivity contribution in [3.63, 3.8) is 0 Å². The van der Waals surface area contributed by atoms with Crippen LogP contribution in [0, 0.1) is 5.82 Å². The normalized spacial score (nSPS) is 12.7. The molecular formula is C18H22FN3O. The lowest BCUT2D eigenvalue weighted by atomic mass is 10.1. The van der Waals surface area contributed by atoms with Gasteiger partial charge in [-0.2, -0.15) is 0 Å². The van der Waals surface area contributed by atoms with E-state index in [2.05, 4.69) is 22.4 Å². The third kappa shape index (κ3) is 6.38. The van der Waals surface area contributed by atoms with Gasteiger partial charge >= 0.3 is 0 Å². The molecule has 0 aliphatic rings. The van der Waals surface area contributed by atoms with Crippen LogP contribution in [0.5, 0.6) is 5.75 Å². The van der Waals surface area contributed by atoms with E-state index in [-0.39, 0.29) is 11.9 Å². The van der Waals surface area contributed by atoms with Gasteiger partial charge in [-0.1, -0.05) is 36.4 Å². The summed E-state index contributed by atoms with van der Waals surface area (Å²) in [4.78, 5) is 4.24. The van der Waals surface area contributed by atoms with Gasteiger partial charge in [0.1, 0.15) is 17.7 Å². The Morgan fingerprint density at radius 2 is 2.00 bits per heavy atom. The highest BCUT2D eigenvalue weighted by Crippen LogP contribution is 2.13. The van der Waals surface area contributed by atoms with Gasteiger partial charge in [0.2, 0.25) is 0 Å². The molecule has 0 fully saturated rings. The van der Waals surface area contributed by atoms with Gasteiger partial charge in [-0.25, -0.2) is 9.38 Å². The molecule has 0 heterocycles. The second-order valence-electron chi connectivity index (χ2n) is 5.27. The first kappa shape index (κ1) is 16.8. The van der Waals surface area contributed by atoms with Crippen LogP contribution in [-0.2, 0) is 6.42 Å². The molecule has 23 heavy (non-hydrogen) atoms. The quantitative estimate of drug-likeness (QED) is 0.610. The number of nitrogens with one attached hydrogen (secondary N) is 1. The number of rotatable bonds is 7. The molecule has 2 aromatic rings. The second-order valence-corrected chi connectivity index (χ2v) is 5.27. The Morgan fingerprint density at radius 3 is 2.74 bits per heavy atom. The SMILES string of the molecule is CC(CN=C(N)NCCc1ccccc1)Oc1cccc(F)c1. The largest absolute Gasteiger partial charge is 0.489 e. The molecule has 0 aliphatic heterocycles. The predicted octanol–water partition coefficient (Wildman–Crippen LogP) is 2.74. The van der Waals surface area contributed by atoms with E-state index < -0.39 is 0 Å². The van der Waals surface area contributed by atoms with Crippen molar-refractivity contribution < 1.29 is 9.13 Å². The number of nitrogens with two attached hydrogens (primary N) is 1. The van der Waals surface area contributed by atoms with Crippen molar-refractivity contribution in [2.45, 2.75) is 19.4 Å². The van der Waals surface area contributed by atoms with Crippen LogP contribution in [0.2, 0.25) is 0 Å². The molecule has 1 unspecified atom stereocenters. The minimum Gasteiger partial charge on any atom is -0.489 e. The molecule has 2 aromatic carbocycles. The van der Waals surface area contributed by atoms with Crippen molar-refractivity contribution in [1.29, 1.82) is 0 Å². The zero-order valence-corrected chi connectivity index (χ0v) is 13.2. The molecule has 4 nitrogen and oxygen atoms in total. The summed E-state index contributed by atoms with van der Waals surface area (Å²) < 4.78 is 18.7. The lowest BCUT2D eigenvalue weighted by Crippen LogP contribution is -2.34. The zero-order valence-electron chi connectivity index (χ0n) is 13.2. The summed E-state index contributed by atoms with van der Waals surface area (Å²) in [6.07, 6.45) is 0.693. The van der Waals surface area contributed by atoms with Gasteiger partial charge in [0.05, 0.1) is 6.54 Å². The third-order valence-electron chi connectivity index (χ3n) is 3.21. The average molecular weight is 315 g/mol. The smallest absolute Gasteiger partial charge is 0.188 e. The summed E-state index contributed by atoms with van der Waals surface area (Å²) >= 11 is 0. The summed E-state index contributed by atoms with van der Waals surface area (Å²) in [7, 11) is 0. The van der Waals surface area contributed by atoms with E-state index >= 15 is 0 Å². The molecule has 0 radical (unpaired) electrons. The van der Waals surface area contributed by atoms with Gasteiger partial charge < -0.3 is 15.8 Å². The fraction of sp³-hybridized carbons (Fsp3) is 0.278. The molecule has 1 atom stereocenters. The highest BCUT2D eigenvalue weighted by molar-refractivity contribution is 5.77. The van der Waals surface area contributed by atoms with Crippen LogP contribution in [0.3, 0.4) is 0 Å². The van der Waals surface area contributed by atoms with E-state index in [1.165, 1.54) is 17.7 Å². The van der Waals surface area contributed by atoms with E-state index in [1.807, 2.05) is 25.1 Å². The third-order valence-corrected chi connectivity index (χ3v) is 3.21. The van der Waals surface area contributed by atoms with E-state index in [9.17, 15) is 4.39 Å². The fourth-order valence-corrected chi connectivity index (χ4v) is 2.07. The zero-order chi connectivity index (χ0) is 16.5. The molecule has 122 valence electrons. The van der Waals surface area contributed by atoms with Crippen LogP contribution in [0.25, 0.3) is 0 Å². The Balaban J connectivity index is 1.71. The lowest BCUT2D eigenvalue weighted by molar-refractivity contribution is 0.229. The first-order chi connectivity index (χ1) is 11.1. The van der Waals surface area contributed by atoms with Crippen molar-refractivity contribution in [1.82, 2.24) is 5.32 Å². The molecular weight excluding hydrogens is 293 g/mol. The van der Waals surface area contributed by atoms with Crippen molar-refractivity contribution >= 4 is 5.96 Å². The van der Waals surface area contributed by atoms with Crippen LogP contribution >= 0.6 is 0 Å². The molecule has 0 saturated heterocycles. The van der Waals surface area contributed by atoms with Gasteiger partial charge in [-0.15, -0.1) is 0 Å². The number of aliphatic imine (C=N–C) groups is 1. The van der Waals surface area contributed by atoms with Crippen molar-refractivity contribution in [3.8, 4) is 5.75 Å². The molecule has 0 aromatic heterocycles. The first-order valence-corrected chi connectivity index (χ1v) is 7.63. The predicted molar refractivity (Wildman–Crippen MR) is 91.1 cm³/mol. The molecule has 5 heteroatoms. The van der Waals surface area contributed by atoms with E-state index in [0.29, 0.717) is 18.3 Å². The minimum atomic E-state index is -0.319. The number of hydrogen-bond acceptors (Lipinski definition) is 2. The fourth-order valence-electron chi connectivity index (χ4n) is 2.07. The van der Waals surface area contributed by atoms with Gasteiger partial charge in [-0.05, 0) is 31.0 Å². The Kier molecular flexibility index (Phi) is 6.41. The minimum absolute atomic E-state index is 0.189. The summed E-state index contributed by atoms with van der Waals surface area (Å²) in [5.41, 5.74) is 7.07. The Labute approximate surface area is 136 Å². The van der Waals surface area contributed by atoms with Gasteiger partial charge in [0.15, 0.2) is 5.96 Å². The van der Waals surface area contributed by atoms with Crippen molar-refractivity contribution in [2.75, 3.05) is 13.1 Å². The number of benzene rings is 2. The Morgan fingerprint density at radius 1 is 1.22 bits per heavy atom. The maximum absolute atomic E-state index is 13.1. The molecule has 3 N–H and O–H groups in total. The monoisotopic (exact) mass is 315 g/mol. The van der Waals surface area contributed by atoms with E-state index in [4.69, 9.17) is 10.5 Å². The van der Waals surface area contributed by atoms with Crippen molar-refractivity contribution in [3.05, 3.63) is 66.0 Å². The lowest BCUT2D eigenvalue weighted by Gasteiger charge is -2.13. The highest BCUT2D eigenvalue weighted by Gasteiger charge is 2.04. The molecule has 0 bridgehead atoms. The maximum Gasteiger partial charge on any atom is 0.188 e. The first-order valence-electron chi connectivity index (χ1n) is 7.63. The second kappa shape index (κ2) is 8.78. The number of ether oxygens (including phenoxy) is 1. The van der Waals surface area contributed by atoms with E-state index in [0.717, 1.165) is 13.0 Å². The number of nitrogens with zero attached hydrogens (tertiary/aromatic N) is 1. The van der Waals surface area contributed by atoms with Gasteiger partial charge in [0.25, 0.3) is 0 Å². The summed E-state index contributed by atoms with van der Waals surface area (Å²) in [6, 6.07) is 16.2. The molecule has 0 saturated carbocycles. The van der Waals surface area contributed by atoms with Crippen LogP contribution in [0.15, 0.2) is 59.6 Å². The number of hydrogen-bond donors (Lipinski definition) is 2. The van der Waals surface area contributed by atoms with Crippen LogP contribution in [0.4, 0.5) is 4.39 Å². The van der Waals surface area contributed by atoms with E-state index in [1.54, 1.807) is 12.1 Å². The molecule has 2 rings (SSSR count). The molecule has 0 amide bonds. The number of guanidine groups is 1. The highest BCUT2D eigenvalue weighted by atomic mass is 19.1. The number of halogens is 1. The molecule has 0 spiro atoms. The van der Waals surface area contributed by atoms with Crippen LogP contribution in [-0.4, -0.2) is 25.2 Å². The van der Waals surface area contributed by atoms with Crippen molar-refractivity contribution in [2.24, 2.45) is 10.7 Å². The summed E-state index contributed by atoms with van der Waals surface area (Å²) in [5.74, 6) is 0.555. The summed E-state index contributed by atoms with van der Waals surface area (Å²) in [6.45, 7) is 2.99. The van der Waals surface area contributed by atoms with Gasteiger partial charge in [0, 0.05) is 12.6 Å². The Hall–Kier alpha value is -2.56. The average Bonchev–Trinajstić information content (AvgIpc) is 2.54. The maximum atomic E-state index is 13.1. The van der Waals surface area contributed by atoms with Crippen LogP contribution in [0.1, 0.15) is 12.5 Å². The topological polar surface area (TPSA) is 59.6 Å².